The Morgan fingerprint density at radius 2 is 2.06 bits per heavy atom. The Balaban J connectivity index is 0.00000225. The molecule has 3 nitrogen and oxygen atoms in total. The van der Waals surface area contributed by atoms with Gasteiger partial charge in [-0.3, -0.25) is 4.79 Å². The van der Waals surface area contributed by atoms with E-state index in [0.29, 0.717) is 5.57 Å². The molecule has 0 aromatic rings. The largest absolute Gasteiger partial charge is 0.481 e. The normalized spacial score (nSPS) is 27.0. The number of nitrogens with zero attached hydrogens (tertiary/aromatic N) is 1. The molecule has 0 radical (unpaired) electrons. The molecule has 0 amide bonds. The van der Waals surface area contributed by atoms with Gasteiger partial charge in [-0.15, -0.1) is 12.4 Å². The second-order valence-electron chi connectivity index (χ2n) is 4.40. The van der Waals surface area contributed by atoms with Crippen molar-refractivity contribution >= 4 is 18.4 Å². The Hall–Kier alpha value is -1.27. The Morgan fingerprint density at radius 1 is 1.50 bits per heavy atom. The van der Waals surface area contributed by atoms with E-state index in [1.54, 1.807) is 18.2 Å². The van der Waals surface area contributed by atoms with E-state index in [9.17, 15) is 4.79 Å². The van der Waals surface area contributed by atoms with Gasteiger partial charge in [0, 0.05) is 5.57 Å². The molecular formula is C12H16ClNO2. The van der Waals surface area contributed by atoms with Gasteiger partial charge in [0.15, 0.2) is 0 Å². The number of rotatable bonds is 3. The number of nitriles is 1. The van der Waals surface area contributed by atoms with Gasteiger partial charge in [0.1, 0.15) is 0 Å². The predicted molar refractivity (Wildman–Crippen MR) is 64.2 cm³/mol. The minimum absolute atomic E-state index is 0. The molecule has 2 atom stereocenters. The Morgan fingerprint density at radius 3 is 2.38 bits per heavy atom. The quantitative estimate of drug-likeness (QED) is 0.611. The molecule has 0 unspecified atom stereocenters. The highest BCUT2D eigenvalue weighted by molar-refractivity contribution is 5.85. The smallest absolute Gasteiger partial charge is 0.307 e. The van der Waals surface area contributed by atoms with Crippen molar-refractivity contribution in [1.29, 1.82) is 5.26 Å². The first-order valence-corrected chi connectivity index (χ1v) is 4.92. The summed E-state index contributed by atoms with van der Waals surface area (Å²) in [5, 5.41) is 17.8. The molecule has 0 aromatic carbocycles. The van der Waals surface area contributed by atoms with Crippen molar-refractivity contribution in [3.8, 4) is 6.07 Å². The molecule has 16 heavy (non-hydrogen) atoms. The Kier molecular flexibility index (Phi) is 4.77. The summed E-state index contributed by atoms with van der Waals surface area (Å²) in [6.07, 6.45) is 5.24. The van der Waals surface area contributed by atoms with Gasteiger partial charge in [-0.1, -0.05) is 26.0 Å². The van der Waals surface area contributed by atoms with Gasteiger partial charge in [0.05, 0.1) is 12.0 Å². The lowest BCUT2D eigenvalue weighted by molar-refractivity contribution is -0.139. The first kappa shape index (κ1) is 14.7. The molecule has 0 aromatic heterocycles. The number of hydrogen-bond donors (Lipinski definition) is 1. The van der Waals surface area contributed by atoms with Crippen LogP contribution in [0.15, 0.2) is 23.8 Å². The maximum atomic E-state index is 10.9. The predicted octanol–water partition coefficient (Wildman–Crippen LogP) is 2.79. The lowest BCUT2D eigenvalue weighted by Crippen LogP contribution is -2.03. The lowest BCUT2D eigenvalue weighted by atomic mass is 10.1. The molecular weight excluding hydrogens is 226 g/mol. The molecule has 0 heterocycles. The maximum Gasteiger partial charge on any atom is 0.307 e. The molecule has 0 aliphatic heterocycles. The number of allylic oxidation sites excluding steroid dienone is 4. The lowest BCUT2D eigenvalue weighted by Gasteiger charge is -1.96. The van der Waals surface area contributed by atoms with E-state index in [-0.39, 0.29) is 29.7 Å². The molecule has 1 rings (SSSR count). The standard InChI is InChI=1S/C12H15NO2.ClH/c1-4-5-8(7-13)6-9-10(11(14)15)12(9,2)3;/h4-6,9-10H,1-3H3,(H,14,15);1H/t9-,10+;/m1./s1. The van der Waals surface area contributed by atoms with Crippen molar-refractivity contribution in [2.24, 2.45) is 17.3 Å². The van der Waals surface area contributed by atoms with Crippen LogP contribution < -0.4 is 0 Å². The van der Waals surface area contributed by atoms with Crippen LogP contribution in [0.5, 0.6) is 0 Å². The second-order valence-corrected chi connectivity index (χ2v) is 4.40. The van der Waals surface area contributed by atoms with E-state index in [0.717, 1.165) is 0 Å². The Labute approximate surface area is 102 Å². The van der Waals surface area contributed by atoms with Crippen LogP contribution in [0, 0.1) is 28.6 Å². The zero-order valence-corrected chi connectivity index (χ0v) is 10.4. The van der Waals surface area contributed by atoms with E-state index in [2.05, 4.69) is 6.07 Å². The average Bonchev–Trinajstić information content (AvgIpc) is 2.67. The van der Waals surface area contributed by atoms with E-state index < -0.39 is 5.97 Å². The monoisotopic (exact) mass is 241 g/mol. The zero-order valence-electron chi connectivity index (χ0n) is 9.60. The fourth-order valence-electron chi connectivity index (χ4n) is 1.96. The second kappa shape index (κ2) is 5.18. The van der Waals surface area contributed by atoms with Crippen LogP contribution in [-0.2, 0) is 4.79 Å². The topological polar surface area (TPSA) is 61.1 Å². The van der Waals surface area contributed by atoms with Crippen LogP contribution in [0.1, 0.15) is 20.8 Å². The molecule has 4 heteroatoms. The van der Waals surface area contributed by atoms with Crippen molar-refractivity contribution in [2.75, 3.05) is 0 Å². The minimum Gasteiger partial charge on any atom is -0.481 e. The van der Waals surface area contributed by atoms with E-state index in [1.807, 2.05) is 20.8 Å². The summed E-state index contributed by atoms with van der Waals surface area (Å²) in [6.45, 7) is 5.66. The van der Waals surface area contributed by atoms with Crippen molar-refractivity contribution in [3.63, 3.8) is 0 Å². The first-order valence-electron chi connectivity index (χ1n) is 4.92. The molecule has 0 saturated heterocycles. The highest BCUT2D eigenvalue weighted by Gasteiger charge is 2.60. The first-order chi connectivity index (χ1) is 6.95. The zero-order chi connectivity index (χ0) is 11.6. The van der Waals surface area contributed by atoms with Gasteiger partial charge in [0.2, 0.25) is 0 Å². The van der Waals surface area contributed by atoms with Gasteiger partial charge in [0.25, 0.3) is 0 Å². The molecule has 88 valence electrons. The summed E-state index contributed by atoms with van der Waals surface area (Å²) in [7, 11) is 0. The molecule has 0 spiro atoms. The number of carboxylic acid groups (broad SMARTS) is 1. The van der Waals surface area contributed by atoms with Crippen LogP contribution in [0.25, 0.3) is 0 Å². The van der Waals surface area contributed by atoms with Gasteiger partial charge in [-0.05, 0) is 24.3 Å². The van der Waals surface area contributed by atoms with Gasteiger partial charge < -0.3 is 5.11 Å². The number of aliphatic carboxylic acids is 1. The summed E-state index contributed by atoms with van der Waals surface area (Å²) in [4.78, 5) is 10.9. The number of halogens is 1. The van der Waals surface area contributed by atoms with Crippen LogP contribution in [-0.4, -0.2) is 11.1 Å². The third-order valence-electron chi connectivity index (χ3n) is 3.01. The summed E-state index contributed by atoms with van der Waals surface area (Å²) < 4.78 is 0. The molecule has 1 saturated carbocycles. The molecule has 0 bridgehead atoms. The number of hydrogen-bond acceptors (Lipinski definition) is 2. The van der Waals surface area contributed by atoms with Crippen LogP contribution in [0.2, 0.25) is 0 Å². The van der Waals surface area contributed by atoms with Crippen molar-refractivity contribution < 1.29 is 9.90 Å². The SMILES string of the molecule is CC=CC(C#N)=C[C@@H]1[C@@H](C(=O)O)C1(C)C.Cl. The summed E-state index contributed by atoms with van der Waals surface area (Å²) in [6, 6.07) is 2.05. The van der Waals surface area contributed by atoms with Crippen LogP contribution in [0.3, 0.4) is 0 Å². The Bertz CT molecular complexity index is 377. The van der Waals surface area contributed by atoms with Crippen molar-refractivity contribution in [2.45, 2.75) is 20.8 Å². The summed E-state index contributed by atoms with van der Waals surface area (Å²) >= 11 is 0. The van der Waals surface area contributed by atoms with Crippen molar-refractivity contribution in [3.05, 3.63) is 23.8 Å². The third kappa shape index (κ3) is 2.65. The fourth-order valence-corrected chi connectivity index (χ4v) is 1.96. The van der Waals surface area contributed by atoms with Gasteiger partial charge >= 0.3 is 5.97 Å². The number of carboxylic acids is 1. The third-order valence-corrected chi connectivity index (χ3v) is 3.01. The van der Waals surface area contributed by atoms with E-state index in [4.69, 9.17) is 10.4 Å². The van der Waals surface area contributed by atoms with Crippen LogP contribution >= 0.6 is 12.4 Å². The average molecular weight is 242 g/mol. The van der Waals surface area contributed by atoms with Crippen molar-refractivity contribution in [1.82, 2.24) is 0 Å². The molecule has 1 aliphatic carbocycles. The maximum absolute atomic E-state index is 10.9. The van der Waals surface area contributed by atoms with E-state index >= 15 is 0 Å². The molecule has 1 N–H and O–H groups in total. The number of carbonyl (C=O) groups is 1. The van der Waals surface area contributed by atoms with Crippen LogP contribution in [0.4, 0.5) is 0 Å². The minimum atomic E-state index is -0.779. The molecule has 1 fully saturated rings. The fraction of sp³-hybridized carbons (Fsp3) is 0.500. The molecule has 1 aliphatic rings. The highest BCUT2D eigenvalue weighted by atomic mass is 35.5. The summed E-state index contributed by atoms with van der Waals surface area (Å²) in [5.41, 5.74) is 0.314. The van der Waals surface area contributed by atoms with E-state index in [1.165, 1.54) is 0 Å². The summed E-state index contributed by atoms with van der Waals surface area (Å²) in [5.74, 6) is -1.16. The van der Waals surface area contributed by atoms with Gasteiger partial charge in [-0.2, -0.15) is 5.26 Å². The highest BCUT2D eigenvalue weighted by Crippen LogP contribution is 2.59. The van der Waals surface area contributed by atoms with Gasteiger partial charge in [-0.25, -0.2) is 0 Å².